The third-order valence-corrected chi connectivity index (χ3v) is 5.62. The molecule has 116 valence electrons. The first-order valence-electron chi connectivity index (χ1n) is 7.13. The molecule has 0 aliphatic carbocycles. The van der Waals surface area contributed by atoms with Crippen LogP contribution in [-0.2, 0) is 9.53 Å². The lowest BCUT2D eigenvalue weighted by molar-refractivity contribution is -0.137. The second-order valence-electron chi connectivity index (χ2n) is 5.07. The van der Waals surface area contributed by atoms with Crippen LogP contribution < -0.4 is 5.56 Å². The van der Waals surface area contributed by atoms with Crippen molar-refractivity contribution in [1.29, 1.82) is 0 Å². The van der Waals surface area contributed by atoms with Gasteiger partial charge in [-0.1, -0.05) is 30.0 Å². The van der Waals surface area contributed by atoms with Crippen molar-refractivity contribution in [3.63, 3.8) is 0 Å². The molecule has 1 atom stereocenters. The number of thiophene rings is 1. The smallest absolute Gasteiger partial charge is 0.319 e. The van der Waals surface area contributed by atoms with Crippen LogP contribution in [-0.4, -0.2) is 27.4 Å². The first kappa shape index (κ1) is 14.5. The molecule has 0 saturated carbocycles. The van der Waals surface area contributed by atoms with Gasteiger partial charge in [-0.05, 0) is 23.6 Å². The Bertz CT molecular complexity index is 933. The summed E-state index contributed by atoms with van der Waals surface area (Å²) in [6, 6.07) is 11.1. The van der Waals surface area contributed by atoms with Gasteiger partial charge in [-0.2, -0.15) is 0 Å². The first-order valence-corrected chi connectivity index (χ1v) is 8.89. The minimum absolute atomic E-state index is 0.115. The quantitative estimate of drug-likeness (QED) is 0.540. The Labute approximate surface area is 139 Å². The third-order valence-electron chi connectivity index (χ3n) is 3.62. The summed E-state index contributed by atoms with van der Waals surface area (Å²) in [5.74, 6) is -0.241. The van der Waals surface area contributed by atoms with E-state index in [-0.39, 0.29) is 16.8 Å². The summed E-state index contributed by atoms with van der Waals surface area (Å²) in [4.78, 5) is 29.9. The van der Waals surface area contributed by atoms with E-state index >= 15 is 0 Å². The predicted molar refractivity (Wildman–Crippen MR) is 90.4 cm³/mol. The summed E-state index contributed by atoms with van der Waals surface area (Å²) in [7, 11) is 0. The monoisotopic (exact) mass is 344 g/mol. The van der Waals surface area contributed by atoms with Crippen molar-refractivity contribution in [3.8, 4) is 5.69 Å². The minimum Gasteiger partial charge on any atom is -0.465 e. The van der Waals surface area contributed by atoms with Crippen LogP contribution in [0, 0.1) is 0 Å². The van der Waals surface area contributed by atoms with Gasteiger partial charge in [0.15, 0.2) is 5.16 Å². The predicted octanol–water partition coefficient (Wildman–Crippen LogP) is 2.85. The highest BCUT2D eigenvalue weighted by molar-refractivity contribution is 8.00. The molecule has 1 fully saturated rings. The fourth-order valence-electron chi connectivity index (χ4n) is 2.49. The second-order valence-corrected chi connectivity index (χ2v) is 7.14. The van der Waals surface area contributed by atoms with Gasteiger partial charge in [0.05, 0.1) is 17.7 Å². The molecule has 1 aliphatic heterocycles. The summed E-state index contributed by atoms with van der Waals surface area (Å²) < 4.78 is 6.59. The second kappa shape index (κ2) is 5.82. The van der Waals surface area contributed by atoms with Gasteiger partial charge in [0.25, 0.3) is 5.56 Å². The number of para-hydroxylation sites is 1. The van der Waals surface area contributed by atoms with Crippen molar-refractivity contribution in [1.82, 2.24) is 9.55 Å². The van der Waals surface area contributed by atoms with E-state index in [0.717, 1.165) is 5.69 Å². The Morgan fingerprint density at radius 1 is 1.22 bits per heavy atom. The highest BCUT2D eigenvalue weighted by atomic mass is 32.2. The van der Waals surface area contributed by atoms with Crippen molar-refractivity contribution in [2.45, 2.75) is 16.8 Å². The first-order chi connectivity index (χ1) is 11.2. The minimum atomic E-state index is -0.311. The van der Waals surface area contributed by atoms with Gasteiger partial charge in [0.1, 0.15) is 10.1 Å². The number of fused-ring (bicyclic) bond motifs is 1. The molecule has 0 N–H and O–H groups in total. The summed E-state index contributed by atoms with van der Waals surface area (Å²) in [5.41, 5.74) is 0.628. The summed E-state index contributed by atoms with van der Waals surface area (Å²) in [6.45, 7) is 0.424. The number of ether oxygens (including phenoxy) is 1. The van der Waals surface area contributed by atoms with Gasteiger partial charge < -0.3 is 4.74 Å². The molecule has 1 saturated heterocycles. The highest BCUT2D eigenvalue weighted by Gasteiger charge is 2.29. The number of aromatic nitrogens is 2. The number of cyclic esters (lactones) is 1. The van der Waals surface area contributed by atoms with E-state index in [0.29, 0.717) is 28.4 Å². The molecule has 1 aliphatic rings. The maximum Gasteiger partial charge on any atom is 0.319 e. The molecular weight excluding hydrogens is 332 g/mol. The van der Waals surface area contributed by atoms with E-state index in [9.17, 15) is 9.59 Å². The fraction of sp³-hybridized carbons (Fsp3) is 0.188. The molecule has 3 heterocycles. The number of hydrogen-bond donors (Lipinski definition) is 0. The number of esters is 1. The lowest BCUT2D eigenvalue weighted by Crippen LogP contribution is -2.22. The number of carbonyl (C=O) groups is 1. The van der Waals surface area contributed by atoms with Gasteiger partial charge in [-0.25, -0.2) is 4.98 Å². The van der Waals surface area contributed by atoms with E-state index in [1.165, 1.54) is 23.1 Å². The van der Waals surface area contributed by atoms with Crippen LogP contribution in [0.5, 0.6) is 0 Å². The van der Waals surface area contributed by atoms with E-state index in [4.69, 9.17) is 4.74 Å². The number of carbonyl (C=O) groups excluding carboxylic acids is 1. The molecule has 7 heteroatoms. The molecule has 2 aromatic heterocycles. The van der Waals surface area contributed by atoms with E-state index in [1.54, 1.807) is 10.6 Å². The zero-order valence-electron chi connectivity index (χ0n) is 12.0. The molecule has 0 bridgehead atoms. The molecule has 23 heavy (non-hydrogen) atoms. The van der Waals surface area contributed by atoms with Crippen molar-refractivity contribution in [2.75, 3.05) is 6.61 Å². The topological polar surface area (TPSA) is 61.2 Å². The van der Waals surface area contributed by atoms with Crippen LogP contribution in [0.25, 0.3) is 15.9 Å². The number of benzene rings is 1. The summed E-state index contributed by atoms with van der Waals surface area (Å²) >= 11 is 2.72. The van der Waals surface area contributed by atoms with Crippen molar-refractivity contribution in [3.05, 3.63) is 52.1 Å². The molecule has 0 amide bonds. The SMILES string of the molecule is O=C1OCC[C@H]1Sc1nc2sccc2c(=O)n1-c1ccccc1. The van der Waals surface area contributed by atoms with Crippen molar-refractivity contribution >= 4 is 39.3 Å². The lowest BCUT2D eigenvalue weighted by Gasteiger charge is -2.13. The van der Waals surface area contributed by atoms with Crippen LogP contribution in [0.15, 0.2) is 51.7 Å². The van der Waals surface area contributed by atoms with Gasteiger partial charge in [-0.15, -0.1) is 11.3 Å². The average molecular weight is 344 g/mol. The average Bonchev–Trinajstić information content (AvgIpc) is 3.18. The molecule has 0 spiro atoms. The normalized spacial score (nSPS) is 17.6. The molecule has 0 radical (unpaired) electrons. The van der Waals surface area contributed by atoms with Crippen LogP contribution in [0.1, 0.15) is 6.42 Å². The van der Waals surface area contributed by atoms with Crippen LogP contribution in [0.4, 0.5) is 0 Å². The van der Waals surface area contributed by atoms with Crippen LogP contribution in [0.3, 0.4) is 0 Å². The van der Waals surface area contributed by atoms with Crippen LogP contribution >= 0.6 is 23.1 Å². The van der Waals surface area contributed by atoms with Gasteiger partial charge in [0, 0.05) is 6.42 Å². The Balaban J connectivity index is 1.90. The molecule has 5 nitrogen and oxygen atoms in total. The number of thioether (sulfide) groups is 1. The molecule has 0 unspecified atom stereocenters. The Hall–Kier alpha value is -2.12. The largest absolute Gasteiger partial charge is 0.465 e. The van der Waals surface area contributed by atoms with Gasteiger partial charge >= 0.3 is 5.97 Å². The maximum atomic E-state index is 12.9. The summed E-state index contributed by atoms with van der Waals surface area (Å²) in [6.07, 6.45) is 0.636. The lowest BCUT2D eigenvalue weighted by atomic mass is 10.3. The number of nitrogens with zero attached hydrogens (tertiary/aromatic N) is 2. The van der Waals surface area contributed by atoms with E-state index in [1.807, 2.05) is 35.7 Å². The van der Waals surface area contributed by atoms with Gasteiger partial charge in [0.2, 0.25) is 0 Å². The maximum absolute atomic E-state index is 12.9. The van der Waals surface area contributed by atoms with Gasteiger partial charge in [-0.3, -0.25) is 14.2 Å². The molecular formula is C16H12N2O3S2. The van der Waals surface area contributed by atoms with Crippen molar-refractivity contribution in [2.24, 2.45) is 0 Å². The summed E-state index contributed by atoms with van der Waals surface area (Å²) in [5, 5.41) is 2.67. The Kier molecular flexibility index (Phi) is 3.66. The van der Waals surface area contributed by atoms with E-state index < -0.39 is 0 Å². The zero-order chi connectivity index (χ0) is 15.8. The highest BCUT2D eigenvalue weighted by Crippen LogP contribution is 2.30. The number of rotatable bonds is 3. The number of hydrogen-bond acceptors (Lipinski definition) is 6. The molecule has 4 rings (SSSR count). The zero-order valence-corrected chi connectivity index (χ0v) is 13.6. The standard InChI is InChI=1S/C16H12N2O3S2/c19-14-11-7-9-22-13(11)17-16(23-12-6-8-21-15(12)20)18(14)10-4-2-1-3-5-10/h1-5,7,9,12H,6,8H2/t12-/m1/s1. The molecule has 1 aromatic carbocycles. The Morgan fingerprint density at radius 3 is 2.78 bits per heavy atom. The fourth-order valence-corrected chi connectivity index (χ4v) is 4.37. The van der Waals surface area contributed by atoms with Crippen LogP contribution in [0.2, 0.25) is 0 Å². The Morgan fingerprint density at radius 2 is 2.04 bits per heavy atom. The van der Waals surface area contributed by atoms with E-state index in [2.05, 4.69) is 4.98 Å². The third kappa shape index (κ3) is 2.55. The van der Waals surface area contributed by atoms with Crippen molar-refractivity contribution < 1.29 is 9.53 Å². The molecule has 3 aromatic rings.